The molecule has 0 saturated carbocycles. The van der Waals surface area contributed by atoms with Gasteiger partial charge in [0.2, 0.25) is 0 Å². The topological polar surface area (TPSA) is 55.2 Å². The van der Waals surface area contributed by atoms with Crippen LogP contribution in [-0.4, -0.2) is 4.92 Å². The number of hydrogen-bond donors (Lipinski definition) is 1. The normalized spacial score (nSPS) is 10.3. The van der Waals surface area contributed by atoms with E-state index in [1.165, 1.54) is 6.07 Å². The zero-order valence-electron chi connectivity index (χ0n) is 10.7. The first-order valence-corrected chi connectivity index (χ1v) is 7.07. The van der Waals surface area contributed by atoms with E-state index in [1.807, 2.05) is 25.1 Å². The molecular weight excluding hydrogens is 344 g/mol. The molecule has 0 aromatic heterocycles. The highest BCUT2D eigenvalue weighted by molar-refractivity contribution is 9.10. The van der Waals surface area contributed by atoms with Crippen LogP contribution in [0.25, 0.3) is 0 Å². The SMILES string of the molecule is Cc1ccc(CNc2ccc(Cl)cc2[N+](=O)[O-])c(Br)c1. The molecule has 104 valence electrons. The highest BCUT2D eigenvalue weighted by Gasteiger charge is 2.14. The minimum atomic E-state index is -0.446. The third-order valence-electron chi connectivity index (χ3n) is 2.83. The lowest BCUT2D eigenvalue weighted by Crippen LogP contribution is -2.03. The Bertz CT molecular complexity index is 662. The lowest BCUT2D eigenvalue weighted by molar-refractivity contribution is -0.383. The molecule has 0 fully saturated rings. The molecule has 20 heavy (non-hydrogen) atoms. The van der Waals surface area contributed by atoms with Crippen LogP contribution in [0.3, 0.4) is 0 Å². The van der Waals surface area contributed by atoms with Gasteiger partial charge >= 0.3 is 0 Å². The number of halogens is 2. The fraction of sp³-hybridized carbons (Fsp3) is 0.143. The van der Waals surface area contributed by atoms with E-state index >= 15 is 0 Å². The molecule has 0 aliphatic carbocycles. The highest BCUT2D eigenvalue weighted by atomic mass is 79.9. The molecule has 2 aromatic rings. The van der Waals surface area contributed by atoms with Crippen LogP contribution in [0.5, 0.6) is 0 Å². The van der Waals surface area contributed by atoms with Gasteiger partial charge in [-0.3, -0.25) is 10.1 Å². The van der Waals surface area contributed by atoms with Crippen molar-refractivity contribution in [3.8, 4) is 0 Å². The summed E-state index contributed by atoms with van der Waals surface area (Å²) in [5, 5.41) is 14.4. The Morgan fingerprint density at radius 1 is 1.30 bits per heavy atom. The number of anilines is 1. The number of nitro benzene ring substituents is 1. The summed E-state index contributed by atoms with van der Waals surface area (Å²) >= 11 is 9.27. The van der Waals surface area contributed by atoms with Gasteiger partial charge in [-0.05, 0) is 36.2 Å². The molecule has 0 aliphatic rings. The van der Waals surface area contributed by atoms with Crippen molar-refractivity contribution in [1.29, 1.82) is 0 Å². The smallest absolute Gasteiger partial charge is 0.293 e. The van der Waals surface area contributed by atoms with Gasteiger partial charge in [-0.2, -0.15) is 0 Å². The Morgan fingerprint density at radius 2 is 2.05 bits per heavy atom. The number of rotatable bonds is 4. The van der Waals surface area contributed by atoms with E-state index in [1.54, 1.807) is 12.1 Å². The maximum Gasteiger partial charge on any atom is 0.293 e. The van der Waals surface area contributed by atoms with Gasteiger partial charge in [0, 0.05) is 22.1 Å². The van der Waals surface area contributed by atoms with Crippen molar-refractivity contribution in [2.24, 2.45) is 0 Å². The number of aryl methyl sites for hydroxylation is 1. The van der Waals surface area contributed by atoms with Gasteiger partial charge in [0.25, 0.3) is 5.69 Å². The minimum absolute atomic E-state index is 0.0271. The molecule has 0 unspecified atom stereocenters. The Balaban J connectivity index is 2.20. The van der Waals surface area contributed by atoms with Gasteiger partial charge < -0.3 is 5.32 Å². The van der Waals surface area contributed by atoms with Crippen LogP contribution in [0, 0.1) is 17.0 Å². The van der Waals surface area contributed by atoms with Crippen molar-refractivity contribution in [3.63, 3.8) is 0 Å². The molecule has 1 N–H and O–H groups in total. The van der Waals surface area contributed by atoms with E-state index in [4.69, 9.17) is 11.6 Å². The Labute approximate surface area is 130 Å². The van der Waals surface area contributed by atoms with Gasteiger partial charge in [-0.15, -0.1) is 0 Å². The fourth-order valence-corrected chi connectivity index (χ4v) is 2.59. The molecule has 0 heterocycles. The van der Waals surface area contributed by atoms with Gasteiger partial charge in [0.1, 0.15) is 5.69 Å². The summed E-state index contributed by atoms with van der Waals surface area (Å²) in [6, 6.07) is 10.6. The van der Waals surface area contributed by atoms with E-state index in [9.17, 15) is 10.1 Å². The first-order valence-electron chi connectivity index (χ1n) is 5.90. The second-order valence-electron chi connectivity index (χ2n) is 4.37. The van der Waals surface area contributed by atoms with Crippen LogP contribution in [0.4, 0.5) is 11.4 Å². The quantitative estimate of drug-likeness (QED) is 0.625. The zero-order chi connectivity index (χ0) is 14.7. The average molecular weight is 356 g/mol. The van der Waals surface area contributed by atoms with Crippen LogP contribution < -0.4 is 5.32 Å². The molecule has 6 heteroatoms. The molecular formula is C14H12BrClN2O2. The van der Waals surface area contributed by atoms with Gasteiger partial charge in [0.05, 0.1) is 4.92 Å². The van der Waals surface area contributed by atoms with Crippen LogP contribution in [0.2, 0.25) is 5.02 Å². The van der Waals surface area contributed by atoms with Crippen molar-refractivity contribution in [2.45, 2.75) is 13.5 Å². The van der Waals surface area contributed by atoms with E-state index in [0.29, 0.717) is 17.3 Å². The number of nitro groups is 1. The third-order valence-corrected chi connectivity index (χ3v) is 3.81. The third kappa shape index (κ3) is 3.49. The van der Waals surface area contributed by atoms with Crippen LogP contribution >= 0.6 is 27.5 Å². The number of nitrogens with zero attached hydrogens (tertiary/aromatic N) is 1. The molecule has 0 radical (unpaired) electrons. The predicted octanol–water partition coefficient (Wildman–Crippen LogP) is 4.93. The summed E-state index contributed by atoms with van der Waals surface area (Å²) in [7, 11) is 0. The lowest BCUT2D eigenvalue weighted by Gasteiger charge is -2.09. The van der Waals surface area contributed by atoms with E-state index in [0.717, 1.165) is 15.6 Å². The van der Waals surface area contributed by atoms with Gasteiger partial charge in [0.15, 0.2) is 0 Å². The van der Waals surface area contributed by atoms with Crippen molar-refractivity contribution in [3.05, 3.63) is 67.1 Å². The summed E-state index contributed by atoms with van der Waals surface area (Å²) in [6.45, 7) is 2.50. The van der Waals surface area contributed by atoms with Gasteiger partial charge in [-0.1, -0.05) is 39.7 Å². The molecule has 0 spiro atoms. The first-order chi connectivity index (χ1) is 9.47. The number of nitrogens with one attached hydrogen (secondary N) is 1. The lowest BCUT2D eigenvalue weighted by atomic mass is 10.1. The monoisotopic (exact) mass is 354 g/mol. The first kappa shape index (κ1) is 14.8. The molecule has 2 aromatic carbocycles. The molecule has 0 aliphatic heterocycles. The van der Waals surface area contributed by atoms with Crippen molar-refractivity contribution < 1.29 is 4.92 Å². The molecule has 4 nitrogen and oxygen atoms in total. The summed E-state index contributed by atoms with van der Waals surface area (Å²) in [4.78, 5) is 10.5. The fourth-order valence-electron chi connectivity index (χ4n) is 1.79. The largest absolute Gasteiger partial charge is 0.375 e. The number of hydrogen-bond acceptors (Lipinski definition) is 3. The standard InChI is InChI=1S/C14H12BrClN2O2/c1-9-2-3-10(12(15)6-9)8-17-13-5-4-11(16)7-14(13)18(19)20/h2-7,17H,8H2,1H3. The molecule has 0 saturated heterocycles. The second-order valence-corrected chi connectivity index (χ2v) is 5.66. The van der Waals surface area contributed by atoms with E-state index in [2.05, 4.69) is 21.2 Å². The Hall–Kier alpha value is -1.59. The maximum atomic E-state index is 11.0. The Kier molecular flexibility index (Phi) is 4.62. The molecule has 2 rings (SSSR count). The highest BCUT2D eigenvalue weighted by Crippen LogP contribution is 2.29. The second kappa shape index (κ2) is 6.24. The van der Waals surface area contributed by atoms with Crippen LogP contribution in [0.15, 0.2) is 40.9 Å². The molecule has 0 amide bonds. The molecule has 0 atom stereocenters. The summed E-state index contributed by atoms with van der Waals surface area (Å²) < 4.78 is 0.974. The van der Waals surface area contributed by atoms with Gasteiger partial charge in [-0.25, -0.2) is 0 Å². The van der Waals surface area contributed by atoms with Crippen molar-refractivity contribution in [2.75, 3.05) is 5.32 Å². The minimum Gasteiger partial charge on any atom is -0.375 e. The summed E-state index contributed by atoms with van der Waals surface area (Å²) in [6.07, 6.45) is 0. The van der Waals surface area contributed by atoms with E-state index in [-0.39, 0.29) is 5.69 Å². The van der Waals surface area contributed by atoms with Crippen molar-refractivity contribution >= 4 is 38.9 Å². The van der Waals surface area contributed by atoms with Crippen LogP contribution in [-0.2, 0) is 6.54 Å². The number of benzene rings is 2. The zero-order valence-corrected chi connectivity index (χ0v) is 13.0. The predicted molar refractivity (Wildman–Crippen MR) is 84.3 cm³/mol. The Morgan fingerprint density at radius 3 is 2.70 bits per heavy atom. The van der Waals surface area contributed by atoms with E-state index < -0.39 is 4.92 Å². The van der Waals surface area contributed by atoms with Crippen LogP contribution in [0.1, 0.15) is 11.1 Å². The van der Waals surface area contributed by atoms with Crippen molar-refractivity contribution in [1.82, 2.24) is 0 Å². The average Bonchev–Trinajstić information content (AvgIpc) is 2.38. The maximum absolute atomic E-state index is 11.0. The summed E-state index contributed by atoms with van der Waals surface area (Å²) in [5.74, 6) is 0. The molecule has 0 bridgehead atoms. The summed E-state index contributed by atoms with van der Waals surface area (Å²) in [5.41, 5.74) is 2.60.